The minimum absolute atomic E-state index is 0.0921. The number of piperazine rings is 1. The van der Waals surface area contributed by atoms with Crippen LogP contribution in [0.2, 0.25) is 5.02 Å². The number of benzene rings is 2. The Morgan fingerprint density at radius 2 is 1.97 bits per heavy atom. The zero-order valence-electron chi connectivity index (χ0n) is 20.1. The van der Waals surface area contributed by atoms with Gasteiger partial charge in [0.1, 0.15) is 22.8 Å². The molecule has 7 nitrogen and oxygen atoms in total. The highest BCUT2D eigenvalue weighted by molar-refractivity contribution is 6.33. The van der Waals surface area contributed by atoms with Gasteiger partial charge >= 0.3 is 0 Å². The van der Waals surface area contributed by atoms with Crippen molar-refractivity contribution in [2.75, 3.05) is 46.4 Å². The van der Waals surface area contributed by atoms with Crippen molar-refractivity contribution in [3.05, 3.63) is 83.1 Å². The molecule has 1 atom stereocenters. The lowest BCUT2D eigenvalue weighted by Gasteiger charge is -2.36. The summed E-state index contributed by atoms with van der Waals surface area (Å²) >= 11 is 6.36. The van der Waals surface area contributed by atoms with Gasteiger partial charge in [-0.3, -0.25) is 9.69 Å². The number of rotatable bonds is 9. The quantitative estimate of drug-likeness (QED) is 0.388. The highest BCUT2D eigenvalue weighted by atomic mass is 35.5. The first-order chi connectivity index (χ1) is 17.0. The van der Waals surface area contributed by atoms with Crippen molar-refractivity contribution in [3.63, 3.8) is 0 Å². The first-order valence-electron chi connectivity index (χ1n) is 11.6. The molecule has 2 heterocycles. The monoisotopic (exact) mass is 495 g/mol. The number of hydrogen-bond acceptors (Lipinski definition) is 6. The smallest absolute Gasteiger partial charge is 0.259 e. The standard InChI is InChI=1S/C27H30ClN3O4/c1-4-16-34-24(20-8-7-9-21(17-20)33-3)18-30-12-14-31(15-13-30)27(32)25-19(2)35-29-26(25)22-10-5-6-11-23(22)28/h4-11,17,24H,1,12-16,18H2,2-3H3/t24-/m0/s1. The molecule has 4 rings (SSSR count). The number of nitrogens with zero attached hydrogens (tertiary/aromatic N) is 3. The lowest BCUT2D eigenvalue weighted by atomic mass is 10.0. The second kappa shape index (κ2) is 11.5. The zero-order chi connectivity index (χ0) is 24.8. The van der Waals surface area contributed by atoms with Crippen molar-refractivity contribution in [2.24, 2.45) is 0 Å². The minimum atomic E-state index is -0.127. The van der Waals surface area contributed by atoms with Gasteiger partial charge in [0, 0.05) is 38.3 Å². The highest BCUT2D eigenvalue weighted by Gasteiger charge is 2.30. The molecule has 8 heteroatoms. The number of ether oxygens (including phenoxy) is 2. The van der Waals surface area contributed by atoms with Crippen LogP contribution in [0.15, 0.2) is 65.7 Å². The molecule has 0 bridgehead atoms. The van der Waals surface area contributed by atoms with Crippen LogP contribution in [0.4, 0.5) is 0 Å². The summed E-state index contributed by atoms with van der Waals surface area (Å²) in [7, 11) is 1.66. The molecule has 1 amide bonds. The molecule has 1 aliphatic rings. The molecule has 3 aromatic rings. The van der Waals surface area contributed by atoms with E-state index in [-0.39, 0.29) is 12.0 Å². The molecule has 1 saturated heterocycles. The van der Waals surface area contributed by atoms with Gasteiger partial charge in [0.15, 0.2) is 0 Å². The van der Waals surface area contributed by atoms with Gasteiger partial charge in [-0.2, -0.15) is 0 Å². The Labute approximate surface area is 210 Å². The Bertz CT molecular complexity index is 1170. The Balaban J connectivity index is 1.44. The average Bonchev–Trinajstić information content (AvgIpc) is 3.27. The maximum atomic E-state index is 13.5. The Morgan fingerprint density at radius 1 is 1.20 bits per heavy atom. The number of carbonyl (C=O) groups is 1. The van der Waals surface area contributed by atoms with Gasteiger partial charge in [-0.15, -0.1) is 6.58 Å². The van der Waals surface area contributed by atoms with Gasteiger partial charge in [0.25, 0.3) is 5.91 Å². The number of aryl methyl sites for hydroxylation is 1. The first kappa shape index (κ1) is 25.0. The maximum Gasteiger partial charge on any atom is 0.259 e. The van der Waals surface area contributed by atoms with Gasteiger partial charge in [-0.25, -0.2) is 0 Å². The molecule has 0 spiro atoms. The summed E-state index contributed by atoms with van der Waals surface area (Å²) in [5.74, 6) is 1.19. The third kappa shape index (κ3) is 5.75. The fourth-order valence-corrected chi connectivity index (χ4v) is 4.49. The van der Waals surface area contributed by atoms with Gasteiger partial charge in [-0.1, -0.05) is 53.2 Å². The minimum Gasteiger partial charge on any atom is -0.497 e. The molecular weight excluding hydrogens is 466 g/mol. The largest absolute Gasteiger partial charge is 0.497 e. The first-order valence-corrected chi connectivity index (χ1v) is 12.0. The topological polar surface area (TPSA) is 68.0 Å². The van der Waals surface area contributed by atoms with Crippen LogP contribution in [0, 0.1) is 6.92 Å². The van der Waals surface area contributed by atoms with Crippen LogP contribution in [0.1, 0.15) is 27.8 Å². The van der Waals surface area contributed by atoms with Crippen LogP contribution in [-0.2, 0) is 4.74 Å². The van der Waals surface area contributed by atoms with E-state index < -0.39 is 0 Å². The summed E-state index contributed by atoms with van der Waals surface area (Å²) in [4.78, 5) is 17.6. The number of aromatic nitrogens is 1. The average molecular weight is 496 g/mol. The summed E-state index contributed by atoms with van der Waals surface area (Å²) in [6, 6.07) is 15.3. The molecule has 1 fully saturated rings. The molecule has 2 aromatic carbocycles. The molecule has 0 N–H and O–H groups in total. The molecular formula is C27H30ClN3O4. The summed E-state index contributed by atoms with van der Waals surface area (Å²) in [5, 5.41) is 4.67. The Morgan fingerprint density at radius 3 is 2.69 bits per heavy atom. The predicted molar refractivity (Wildman–Crippen MR) is 136 cm³/mol. The lowest BCUT2D eigenvalue weighted by molar-refractivity contribution is 0.0244. The van der Waals surface area contributed by atoms with Crippen molar-refractivity contribution >= 4 is 17.5 Å². The fourth-order valence-electron chi connectivity index (χ4n) is 4.27. The van der Waals surface area contributed by atoms with E-state index in [0.717, 1.165) is 24.4 Å². The van der Waals surface area contributed by atoms with E-state index in [9.17, 15) is 4.79 Å². The number of hydrogen-bond donors (Lipinski definition) is 0. The van der Waals surface area contributed by atoms with Crippen molar-refractivity contribution in [2.45, 2.75) is 13.0 Å². The van der Waals surface area contributed by atoms with Gasteiger partial charge in [0.05, 0.1) is 24.8 Å². The predicted octanol–water partition coefficient (Wildman–Crippen LogP) is 5.01. The molecule has 0 unspecified atom stereocenters. The van der Waals surface area contributed by atoms with E-state index in [1.165, 1.54) is 0 Å². The number of halogens is 1. The van der Waals surface area contributed by atoms with Crippen molar-refractivity contribution in [1.82, 2.24) is 15.0 Å². The summed E-state index contributed by atoms with van der Waals surface area (Å²) in [5.41, 5.74) is 2.69. The molecule has 0 saturated carbocycles. The van der Waals surface area contributed by atoms with Crippen LogP contribution in [0.5, 0.6) is 5.75 Å². The molecule has 35 heavy (non-hydrogen) atoms. The lowest BCUT2D eigenvalue weighted by Crippen LogP contribution is -2.49. The van der Waals surface area contributed by atoms with E-state index in [1.54, 1.807) is 26.2 Å². The van der Waals surface area contributed by atoms with Gasteiger partial charge in [0.2, 0.25) is 0 Å². The molecule has 184 valence electrons. The summed E-state index contributed by atoms with van der Waals surface area (Å²) in [6.07, 6.45) is 1.62. The Kier molecular flexibility index (Phi) is 8.23. The number of amides is 1. The van der Waals surface area contributed by atoms with E-state index in [4.69, 9.17) is 25.6 Å². The SMILES string of the molecule is C=CCO[C@@H](CN1CCN(C(=O)c2c(-c3ccccc3Cl)noc2C)CC1)c1cccc(OC)c1. The zero-order valence-corrected chi connectivity index (χ0v) is 20.8. The highest BCUT2D eigenvalue weighted by Crippen LogP contribution is 2.32. The molecule has 0 radical (unpaired) electrons. The van der Waals surface area contributed by atoms with Crippen LogP contribution in [0.25, 0.3) is 11.3 Å². The van der Waals surface area contributed by atoms with Crippen molar-refractivity contribution in [1.29, 1.82) is 0 Å². The van der Waals surface area contributed by atoms with Gasteiger partial charge < -0.3 is 18.9 Å². The summed E-state index contributed by atoms with van der Waals surface area (Å²) < 4.78 is 16.8. The van der Waals surface area contributed by atoms with E-state index in [2.05, 4.69) is 16.6 Å². The van der Waals surface area contributed by atoms with E-state index in [0.29, 0.717) is 53.8 Å². The number of methoxy groups -OCH3 is 1. The second-order valence-electron chi connectivity index (χ2n) is 8.42. The molecule has 1 aliphatic heterocycles. The van der Waals surface area contributed by atoms with Crippen molar-refractivity contribution < 1.29 is 18.8 Å². The van der Waals surface area contributed by atoms with Crippen LogP contribution in [-0.4, -0.2) is 67.3 Å². The van der Waals surface area contributed by atoms with E-state index in [1.807, 2.05) is 47.4 Å². The van der Waals surface area contributed by atoms with E-state index >= 15 is 0 Å². The third-order valence-corrected chi connectivity index (χ3v) is 6.50. The normalized spacial score (nSPS) is 15.1. The van der Waals surface area contributed by atoms with Crippen LogP contribution < -0.4 is 4.74 Å². The maximum absolute atomic E-state index is 13.5. The molecule has 1 aromatic heterocycles. The van der Waals surface area contributed by atoms with Crippen molar-refractivity contribution in [3.8, 4) is 17.0 Å². The second-order valence-corrected chi connectivity index (χ2v) is 8.83. The van der Waals surface area contributed by atoms with Crippen LogP contribution >= 0.6 is 11.6 Å². The third-order valence-electron chi connectivity index (χ3n) is 6.17. The fraction of sp³-hybridized carbons (Fsp3) is 0.333. The van der Waals surface area contributed by atoms with Gasteiger partial charge in [-0.05, 0) is 30.7 Å². The summed E-state index contributed by atoms with van der Waals surface area (Å²) in [6.45, 7) is 9.35. The molecule has 0 aliphatic carbocycles. The number of carbonyl (C=O) groups excluding carboxylic acids is 1. The Hall–Kier alpha value is -3.13. The van der Waals surface area contributed by atoms with Crippen LogP contribution in [0.3, 0.4) is 0 Å².